The molecule has 1 heterocycles. The quantitative estimate of drug-likeness (QED) is 0.473. The fourth-order valence-corrected chi connectivity index (χ4v) is 4.60. The average Bonchev–Trinajstić information content (AvgIpc) is 2.93. The van der Waals surface area contributed by atoms with Crippen LogP contribution in [-0.2, 0) is 16.9 Å². The van der Waals surface area contributed by atoms with Crippen LogP contribution in [0.1, 0.15) is 44.6 Å². The number of hydrogen-bond acceptors (Lipinski definition) is 3. The smallest absolute Gasteiger partial charge is 0.264 e. The van der Waals surface area contributed by atoms with E-state index in [2.05, 4.69) is 0 Å². The Balaban J connectivity index is 1.74. The highest BCUT2D eigenvalue weighted by Gasteiger charge is 2.51. The van der Waals surface area contributed by atoms with Crippen molar-refractivity contribution >= 4 is 40.6 Å². The van der Waals surface area contributed by atoms with Crippen molar-refractivity contribution in [3.05, 3.63) is 98.0 Å². The first-order chi connectivity index (χ1) is 15.1. The highest BCUT2D eigenvalue weighted by atomic mass is 35.5. The number of carbonyl (C=O) groups excluding carboxylic acids is 2. The third kappa shape index (κ3) is 3.83. The minimum absolute atomic E-state index is 0.173. The third-order valence-electron chi connectivity index (χ3n) is 6.14. The first kappa shape index (κ1) is 22.5. The van der Waals surface area contributed by atoms with Crippen molar-refractivity contribution in [1.29, 1.82) is 0 Å². The molecule has 1 N–H and O–H groups in total. The standard InChI is InChI=1S/C26H23Cl2NO3/c1-15-10-17(3)20(11-16(15)2)24(30)13-26(32)21-12-19(27)8-9-23(21)29(25(26)31)14-18-6-4-5-7-22(18)28/h4-12,32H,13-14H2,1-3H3/t26-/m0/s1. The molecule has 0 radical (unpaired) electrons. The van der Waals surface area contributed by atoms with Gasteiger partial charge in [-0.2, -0.15) is 0 Å². The van der Waals surface area contributed by atoms with Gasteiger partial charge in [0, 0.05) is 21.2 Å². The third-order valence-corrected chi connectivity index (χ3v) is 6.74. The Morgan fingerprint density at radius 3 is 2.38 bits per heavy atom. The van der Waals surface area contributed by atoms with Crippen LogP contribution in [0.4, 0.5) is 5.69 Å². The van der Waals surface area contributed by atoms with Gasteiger partial charge in [-0.15, -0.1) is 0 Å². The summed E-state index contributed by atoms with van der Waals surface area (Å²) in [7, 11) is 0. The molecular weight excluding hydrogens is 445 g/mol. The molecule has 3 aromatic carbocycles. The molecule has 1 aliphatic heterocycles. The molecule has 0 spiro atoms. The molecule has 0 unspecified atom stereocenters. The lowest BCUT2D eigenvalue weighted by Crippen LogP contribution is -2.41. The van der Waals surface area contributed by atoms with Gasteiger partial charge in [-0.1, -0.05) is 47.5 Å². The second-order valence-electron chi connectivity index (χ2n) is 8.36. The van der Waals surface area contributed by atoms with Crippen molar-refractivity contribution in [3.63, 3.8) is 0 Å². The van der Waals surface area contributed by atoms with Crippen LogP contribution in [0.25, 0.3) is 0 Å². The molecule has 0 saturated heterocycles. The van der Waals surface area contributed by atoms with Crippen LogP contribution in [-0.4, -0.2) is 16.8 Å². The van der Waals surface area contributed by atoms with E-state index in [4.69, 9.17) is 23.2 Å². The van der Waals surface area contributed by atoms with Crippen molar-refractivity contribution in [3.8, 4) is 0 Å². The Morgan fingerprint density at radius 1 is 0.969 bits per heavy atom. The number of hydrogen-bond donors (Lipinski definition) is 1. The molecule has 1 aliphatic rings. The lowest BCUT2D eigenvalue weighted by Gasteiger charge is -2.23. The van der Waals surface area contributed by atoms with Crippen molar-refractivity contribution in [1.82, 2.24) is 0 Å². The van der Waals surface area contributed by atoms with E-state index in [0.717, 1.165) is 22.3 Å². The number of rotatable bonds is 5. The van der Waals surface area contributed by atoms with Crippen LogP contribution in [0.3, 0.4) is 0 Å². The van der Waals surface area contributed by atoms with Crippen LogP contribution in [0.15, 0.2) is 54.6 Å². The molecule has 4 rings (SSSR count). The molecule has 4 nitrogen and oxygen atoms in total. The molecular formula is C26H23Cl2NO3. The number of halogens is 2. The summed E-state index contributed by atoms with van der Waals surface area (Å²) in [4.78, 5) is 28.3. The molecule has 6 heteroatoms. The van der Waals surface area contributed by atoms with Crippen molar-refractivity contribution in [2.45, 2.75) is 39.3 Å². The zero-order valence-corrected chi connectivity index (χ0v) is 19.6. The number of benzene rings is 3. The molecule has 0 aliphatic carbocycles. The van der Waals surface area contributed by atoms with Gasteiger partial charge in [0.1, 0.15) is 0 Å². The first-order valence-corrected chi connectivity index (χ1v) is 11.1. The molecule has 164 valence electrons. The van der Waals surface area contributed by atoms with Gasteiger partial charge in [-0.25, -0.2) is 0 Å². The van der Waals surface area contributed by atoms with Crippen molar-refractivity contribution in [2.75, 3.05) is 4.90 Å². The molecule has 1 amide bonds. The molecule has 0 fully saturated rings. The first-order valence-electron chi connectivity index (χ1n) is 10.3. The predicted molar refractivity (Wildman–Crippen MR) is 128 cm³/mol. The number of ketones is 1. The largest absolute Gasteiger partial charge is 0.375 e. The Kier molecular flexibility index (Phi) is 5.89. The van der Waals surface area contributed by atoms with Gasteiger partial charge in [-0.3, -0.25) is 9.59 Å². The summed E-state index contributed by atoms with van der Waals surface area (Å²) in [5, 5.41) is 12.5. The molecule has 0 aromatic heterocycles. The van der Waals surface area contributed by atoms with E-state index >= 15 is 0 Å². The average molecular weight is 468 g/mol. The molecule has 0 bridgehead atoms. The van der Waals surface area contributed by atoms with Crippen molar-refractivity contribution in [2.24, 2.45) is 0 Å². The van der Waals surface area contributed by atoms with E-state index in [1.807, 2.05) is 51.1 Å². The Hall–Kier alpha value is -2.66. The van der Waals surface area contributed by atoms with E-state index < -0.39 is 11.5 Å². The molecule has 32 heavy (non-hydrogen) atoms. The summed E-state index contributed by atoms with van der Waals surface area (Å²) in [6.45, 7) is 5.94. The van der Waals surface area contributed by atoms with Crippen LogP contribution in [0.5, 0.6) is 0 Å². The topological polar surface area (TPSA) is 57.6 Å². The highest BCUT2D eigenvalue weighted by Crippen LogP contribution is 2.45. The Bertz CT molecular complexity index is 1250. The monoisotopic (exact) mass is 467 g/mol. The zero-order valence-electron chi connectivity index (χ0n) is 18.1. The summed E-state index contributed by atoms with van der Waals surface area (Å²) in [5.41, 5.74) is 2.95. The van der Waals surface area contributed by atoms with Gasteiger partial charge in [0.2, 0.25) is 0 Å². The minimum Gasteiger partial charge on any atom is -0.375 e. The zero-order chi connectivity index (χ0) is 23.2. The minimum atomic E-state index is -2.01. The van der Waals surface area contributed by atoms with Gasteiger partial charge < -0.3 is 10.0 Å². The number of aliphatic hydroxyl groups is 1. The summed E-state index contributed by atoms with van der Waals surface area (Å²) in [5.74, 6) is -0.864. The number of aryl methyl sites for hydroxylation is 3. The van der Waals surface area contributed by atoms with Crippen LogP contribution < -0.4 is 4.90 Å². The number of Topliss-reactive ketones (excluding diaryl/α,β-unsaturated/α-hetero) is 1. The number of amides is 1. The van der Waals surface area contributed by atoms with Gasteiger partial charge >= 0.3 is 0 Å². The second-order valence-corrected chi connectivity index (χ2v) is 9.20. The fraction of sp³-hybridized carbons (Fsp3) is 0.231. The maximum absolute atomic E-state index is 13.5. The van der Waals surface area contributed by atoms with E-state index in [1.165, 1.54) is 4.90 Å². The Labute approximate surface area is 197 Å². The summed E-state index contributed by atoms with van der Waals surface area (Å²) in [6, 6.07) is 15.9. The summed E-state index contributed by atoms with van der Waals surface area (Å²) in [6.07, 6.45) is -0.373. The predicted octanol–water partition coefficient (Wildman–Crippen LogP) is 5.93. The van der Waals surface area contributed by atoms with E-state index in [0.29, 0.717) is 26.9 Å². The van der Waals surface area contributed by atoms with E-state index in [9.17, 15) is 14.7 Å². The highest BCUT2D eigenvalue weighted by molar-refractivity contribution is 6.31. The molecule has 0 saturated carbocycles. The van der Waals surface area contributed by atoms with Gasteiger partial charge in [0.15, 0.2) is 11.4 Å². The van der Waals surface area contributed by atoms with E-state index in [1.54, 1.807) is 24.3 Å². The SMILES string of the molecule is Cc1cc(C)c(C(=O)C[C@@]2(O)C(=O)N(Cc3ccccc3Cl)c3ccc(Cl)cc32)cc1C. The van der Waals surface area contributed by atoms with E-state index in [-0.39, 0.29) is 18.7 Å². The summed E-state index contributed by atoms with van der Waals surface area (Å²) >= 11 is 12.5. The number of carbonyl (C=O) groups is 2. The normalized spacial score (nSPS) is 17.6. The molecule has 1 atom stereocenters. The lowest BCUT2D eigenvalue weighted by atomic mass is 9.86. The van der Waals surface area contributed by atoms with Gasteiger partial charge in [0.25, 0.3) is 5.91 Å². The molecule has 3 aromatic rings. The lowest BCUT2D eigenvalue weighted by molar-refractivity contribution is -0.136. The number of fused-ring (bicyclic) bond motifs is 1. The van der Waals surface area contributed by atoms with Crippen LogP contribution >= 0.6 is 23.2 Å². The van der Waals surface area contributed by atoms with Crippen LogP contribution in [0.2, 0.25) is 10.0 Å². The fourth-order valence-electron chi connectivity index (χ4n) is 4.24. The Morgan fingerprint density at radius 2 is 1.66 bits per heavy atom. The second kappa shape index (κ2) is 8.36. The summed E-state index contributed by atoms with van der Waals surface area (Å²) < 4.78 is 0. The maximum Gasteiger partial charge on any atom is 0.264 e. The van der Waals surface area contributed by atoms with Gasteiger partial charge in [0.05, 0.1) is 18.7 Å². The van der Waals surface area contributed by atoms with Crippen LogP contribution in [0, 0.1) is 20.8 Å². The number of nitrogens with zero attached hydrogens (tertiary/aromatic N) is 1. The van der Waals surface area contributed by atoms with Gasteiger partial charge in [-0.05, 0) is 73.4 Å². The maximum atomic E-state index is 13.5. The number of anilines is 1. The van der Waals surface area contributed by atoms with Crippen molar-refractivity contribution < 1.29 is 14.7 Å².